The number of morpholine rings is 1. The minimum absolute atomic E-state index is 0.120. The third kappa shape index (κ3) is 3.42. The molecule has 3 rings (SSSR count). The maximum absolute atomic E-state index is 12.1. The fourth-order valence-electron chi connectivity index (χ4n) is 3.19. The molecule has 0 aromatic carbocycles. The Bertz CT molecular complexity index is 462. The second kappa shape index (κ2) is 6.83. The van der Waals surface area contributed by atoms with Crippen LogP contribution in [0.25, 0.3) is 0 Å². The largest absolute Gasteiger partial charge is 0.389 e. The van der Waals surface area contributed by atoms with E-state index in [0.717, 1.165) is 45.6 Å². The van der Waals surface area contributed by atoms with Gasteiger partial charge < -0.3 is 15.2 Å². The van der Waals surface area contributed by atoms with Gasteiger partial charge in [-0.05, 0) is 19.3 Å². The molecule has 2 N–H and O–H groups in total. The molecule has 0 radical (unpaired) electrons. The molecule has 1 saturated carbocycles. The Morgan fingerprint density at radius 2 is 2.24 bits per heavy atom. The zero-order chi connectivity index (χ0) is 14.7. The number of carbonyl (C=O) groups is 1. The first-order valence-corrected chi connectivity index (χ1v) is 8.33. The van der Waals surface area contributed by atoms with Crippen LogP contribution in [-0.4, -0.2) is 65.4 Å². The standard InChI is InChI=1S/C14H21N3O3S/c18-13-10(16-14(19)12-8-15-9-21-12)2-1-3-11(13)17-4-6-20-7-5-17/h8-11,13,18H,1-7H2,(H,16,19)/t10-,11-,13-/m1/s1. The summed E-state index contributed by atoms with van der Waals surface area (Å²) in [5.74, 6) is -0.135. The minimum atomic E-state index is -0.520. The summed E-state index contributed by atoms with van der Waals surface area (Å²) in [5, 5.41) is 13.6. The van der Waals surface area contributed by atoms with Gasteiger partial charge in [-0.3, -0.25) is 14.7 Å². The topological polar surface area (TPSA) is 74.7 Å². The van der Waals surface area contributed by atoms with Crippen molar-refractivity contribution in [1.82, 2.24) is 15.2 Å². The van der Waals surface area contributed by atoms with E-state index in [2.05, 4.69) is 15.2 Å². The lowest BCUT2D eigenvalue weighted by Gasteiger charge is -2.42. The van der Waals surface area contributed by atoms with E-state index in [9.17, 15) is 9.90 Å². The highest BCUT2D eigenvalue weighted by Crippen LogP contribution is 2.25. The number of hydrogen-bond acceptors (Lipinski definition) is 6. The summed E-state index contributed by atoms with van der Waals surface area (Å²) in [6, 6.07) is -0.0596. The third-order valence-corrected chi connectivity index (χ3v) is 5.08. The zero-order valence-corrected chi connectivity index (χ0v) is 12.7. The van der Waals surface area contributed by atoms with E-state index in [0.29, 0.717) is 4.88 Å². The van der Waals surface area contributed by atoms with Crippen molar-refractivity contribution in [3.8, 4) is 0 Å². The van der Waals surface area contributed by atoms with Gasteiger partial charge in [-0.2, -0.15) is 0 Å². The van der Waals surface area contributed by atoms with Crippen LogP contribution >= 0.6 is 11.3 Å². The number of hydrogen-bond donors (Lipinski definition) is 2. The summed E-state index contributed by atoms with van der Waals surface area (Å²) in [7, 11) is 0. The molecular formula is C14H21N3O3S. The number of aliphatic hydroxyl groups is 1. The number of amides is 1. The lowest BCUT2D eigenvalue weighted by atomic mass is 9.86. The van der Waals surface area contributed by atoms with E-state index in [4.69, 9.17) is 4.74 Å². The van der Waals surface area contributed by atoms with E-state index in [1.807, 2.05) is 0 Å². The Kier molecular flexibility index (Phi) is 4.84. The molecular weight excluding hydrogens is 290 g/mol. The van der Waals surface area contributed by atoms with Crippen LogP contribution in [0.5, 0.6) is 0 Å². The van der Waals surface area contributed by atoms with Crippen LogP contribution in [0.4, 0.5) is 0 Å². The molecule has 2 aliphatic rings. The van der Waals surface area contributed by atoms with Crippen molar-refractivity contribution in [2.45, 2.75) is 37.5 Å². The Hall–Kier alpha value is -1.02. The molecule has 6 nitrogen and oxygen atoms in total. The van der Waals surface area contributed by atoms with Gasteiger partial charge in [0, 0.05) is 19.1 Å². The Balaban J connectivity index is 1.61. The van der Waals surface area contributed by atoms with Crippen LogP contribution < -0.4 is 5.32 Å². The second-order valence-electron chi connectivity index (χ2n) is 5.58. The van der Waals surface area contributed by atoms with Crippen molar-refractivity contribution in [2.24, 2.45) is 0 Å². The van der Waals surface area contributed by atoms with E-state index >= 15 is 0 Å². The lowest BCUT2D eigenvalue weighted by molar-refractivity contribution is -0.0459. The quantitative estimate of drug-likeness (QED) is 0.850. The SMILES string of the molecule is O=C(N[C@@H]1CCC[C@@H](N2CCOCC2)[C@@H]1O)c1cncs1. The van der Waals surface area contributed by atoms with Gasteiger partial charge in [0.05, 0.1) is 37.1 Å². The van der Waals surface area contributed by atoms with Gasteiger partial charge in [0.15, 0.2) is 0 Å². The van der Waals surface area contributed by atoms with Crippen LogP contribution in [0, 0.1) is 0 Å². The maximum Gasteiger partial charge on any atom is 0.263 e. The van der Waals surface area contributed by atoms with E-state index in [1.54, 1.807) is 11.7 Å². The predicted molar refractivity (Wildman–Crippen MR) is 79.4 cm³/mol. The molecule has 2 fully saturated rings. The Labute approximate surface area is 128 Å². The monoisotopic (exact) mass is 311 g/mol. The van der Waals surface area contributed by atoms with Crippen molar-refractivity contribution >= 4 is 17.2 Å². The molecule has 7 heteroatoms. The highest BCUT2D eigenvalue weighted by atomic mass is 32.1. The molecule has 1 amide bonds. The summed E-state index contributed by atoms with van der Waals surface area (Å²) in [6.07, 6.45) is 3.87. The summed E-state index contributed by atoms with van der Waals surface area (Å²) in [5.41, 5.74) is 1.64. The molecule has 1 aromatic rings. The first kappa shape index (κ1) is 14.9. The third-order valence-electron chi connectivity index (χ3n) is 4.31. The number of ether oxygens (including phenoxy) is 1. The van der Waals surface area contributed by atoms with Crippen molar-refractivity contribution in [3.63, 3.8) is 0 Å². The van der Waals surface area contributed by atoms with Gasteiger partial charge in [-0.15, -0.1) is 11.3 Å². The predicted octanol–water partition coefficient (Wildman–Crippen LogP) is 0.487. The average molecular weight is 311 g/mol. The van der Waals surface area contributed by atoms with E-state index in [1.165, 1.54) is 11.3 Å². The number of nitrogens with one attached hydrogen (secondary N) is 1. The first-order chi connectivity index (χ1) is 10.3. The summed E-state index contributed by atoms with van der Waals surface area (Å²) in [6.45, 7) is 3.16. The first-order valence-electron chi connectivity index (χ1n) is 7.45. The summed E-state index contributed by atoms with van der Waals surface area (Å²) < 4.78 is 5.37. The smallest absolute Gasteiger partial charge is 0.263 e. The van der Waals surface area contributed by atoms with Crippen LogP contribution in [0.3, 0.4) is 0 Å². The summed E-state index contributed by atoms with van der Waals surface area (Å²) in [4.78, 5) is 18.9. The van der Waals surface area contributed by atoms with Crippen LogP contribution in [0.15, 0.2) is 11.7 Å². The summed E-state index contributed by atoms with van der Waals surface area (Å²) >= 11 is 1.32. The number of nitrogens with zero attached hydrogens (tertiary/aromatic N) is 2. The molecule has 1 aliphatic heterocycles. The number of carbonyl (C=O) groups excluding carboxylic acids is 1. The van der Waals surface area contributed by atoms with Crippen LogP contribution in [-0.2, 0) is 4.74 Å². The average Bonchev–Trinajstić information content (AvgIpc) is 3.05. The van der Waals surface area contributed by atoms with Crippen molar-refractivity contribution < 1.29 is 14.6 Å². The number of rotatable bonds is 3. The van der Waals surface area contributed by atoms with Crippen molar-refractivity contribution in [1.29, 1.82) is 0 Å². The van der Waals surface area contributed by atoms with E-state index < -0.39 is 6.10 Å². The van der Waals surface area contributed by atoms with E-state index in [-0.39, 0.29) is 18.0 Å². The van der Waals surface area contributed by atoms with Crippen molar-refractivity contribution in [2.75, 3.05) is 26.3 Å². The molecule has 3 atom stereocenters. The van der Waals surface area contributed by atoms with Crippen LogP contribution in [0.2, 0.25) is 0 Å². The molecule has 1 saturated heterocycles. The zero-order valence-electron chi connectivity index (χ0n) is 11.9. The van der Waals surface area contributed by atoms with Gasteiger partial charge in [0.1, 0.15) is 4.88 Å². The van der Waals surface area contributed by atoms with Gasteiger partial charge in [-0.25, -0.2) is 0 Å². The minimum Gasteiger partial charge on any atom is -0.389 e. The molecule has 0 spiro atoms. The molecule has 1 aliphatic carbocycles. The van der Waals surface area contributed by atoms with Gasteiger partial charge >= 0.3 is 0 Å². The van der Waals surface area contributed by atoms with Crippen molar-refractivity contribution in [3.05, 3.63) is 16.6 Å². The molecule has 116 valence electrons. The molecule has 2 heterocycles. The number of aliphatic hydroxyl groups excluding tert-OH is 1. The van der Waals surface area contributed by atoms with Gasteiger partial charge in [0.2, 0.25) is 0 Å². The Morgan fingerprint density at radius 1 is 1.43 bits per heavy atom. The normalized spacial score (nSPS) is 31.0. The second-order valence-corrected chi connectivity index (χ2v) is 6.47. The molecule has 0 unspecified atom stereocenters. The van der Waals surface area contributed by atoms with Crippen LogP contribution in [0.1, 0.15) is 28.9 Å². The maximum atomic E-state index is 12.1. The fourth-order valence-corrected chi connectivity index (χ4v) is 3.71. The molecule has 1 aromatic heterocycles. The highest BCUT2D eigenvalue weighted by Gasteiger charge is 2.36. The fraction of sp³-hybridized carbons (Fsp3) is 0.714. The number of thiazole rings is 1. The molecule has 21 heavy (non-hydrogen) atoms. The number of aromatic nitrogens is 1. The molecule has 0 bridgehead atoms. The lowest BCUT2D eigenvalue weighted by Crippen LogP contribution is -2.58. The van der Waals surface area contributed by atoms with Gasteiger partial charge in [-0.1, -0.05) is 0 Å². The highest BCUT2D eigenvalue weighted by molar-refractivity contribution is 7.11. The Morgan fingerprint density at radius 3 is 2.95 bits per heavy atom. The van der Waals surface area contributed by atoms with Gasteiger partial charge in [0.25, 0.3) is 5.91 Å².